The van der Waals surface area contributed by atoms with Crippen LogP contribution in [0.5, 0.6) is 0 Å². The summed E-state index contributed by atoms with van der Waals surface area (Å²) < 4.78 is 0. The fraction of sp³-hybridized carbons (Fsp3) is 0.636. The first-order valence-corrected chi connectivity index (χ1v) is 5.56. The van der Waals surface area contributed by atoms with E-state index < -0.39 is 6.04 Å². The van der Waals surface area contributed by atoms with E-state index in [1.165, 1.54) is 0 Å². The lowest BCUT2D eigenvalue weighted by atomic mass is 10.1. The van der Waals surface area contributed by atoms with Gasteiger partial charge in [0.25, 0.3) is 0 Å². The number of nitrogens with two attached hydrogens (primary N) is 1. The number of carbonyl (C=O) groups is 2. The summed E-state index contributed by atoms with van der Waals surface area (Å²) >= 11 is 0. The van der Waals surface area contributed by atoms with E-state index in [-0.39, 0.29) is 17.9 Å². The van der Waals surface area contributed by atoms with Gasteiger partial charge in [0.1, 0.15) is 6.04 Å². The van der Waals surface area contributed by atoms with Gasteiger partial charge in [0.15, 0.2) is 0 Å². The second kappa shape index (κ2) is 5.65. The molecule has 0 radical (unpaired) electrons. The number of hydrogen-bond donors (Lipinski definition) is 2. The number of carbonyl (C=O) groups excluding carboxylic acids is 2. The molecule has 0 aromatic carbocycles. The summed E-state index contributed by atoms with van der Waals surface area (Å²) in [5.74, 6) is -0.255. The van der Waals surface area contributed by atoms with E-state index in [0.717, 1.165) is 0 Å². The van der Waals surface area contributed by atoms with Crippen LogP contribution in [-0.2, 0) is 9.59 Å². The number of piperazine rings is 1. The average Bonchev–Trinajstić information content (AvgIpc) is 2.28. The van der Waals surface area contributed by atoms with Crippen LogP contribution in [0.15, 0.2) is 12.7 Å². The van der Waals surface area contributed by atoms with Crippen molar-refractivity contribution in [2.24, 2.45) is 5.73 Å². The van der Waals surface area contributed by atoms with Crippen LogP contribution < -0.4 is 11.1 Å². The Bertz CT molecular complexity index is 291. The average molecular weight is 225 g/mol. The minimum atomic E-state index is -0.586. The highest BCUT2D eigenvalue weighted by molar-refractivity contribution is 5.90. The summed E-state index contributed by atoms with van der Waals surface area (Å²) in [7, 11) is 0. The van der Waals surface area contributed by atoms with Gasteiger partial charge >= 0.3 is 0 Å². The zero-order chi connectivity index (χ0) is 12.1. The lowest BCUT2D eigenvalue weighted by Crippen LogP contribution is -2.59. The van der Waals surface area contributed by atoms with Crippen molar-refractivity contribution in [3.8, 4) is 0 Å². The molecule has 5 nitrogen and oxygen atoms in total. The third kappa shape index (κ3) is 2.61. The SMILES string of the molecule is C=CCC(N)C(=O)N1CCNC(=O)C1CC. The molecule has 1 aliphatic rings. The summed E-state index contributed by atoms with van der Waals surface area (Å²) in [4.78, 5) is 25.1. The lowest BCUT2D eigenvalue weighted by molar-refractivity contribution is -0.144. The van der Waals surface area contributed by atoms with Gasteiger partial charge in [-0.05, 0) is 12.8 Å². The predicted octanol–water partition coefficient (Wildman–Crippen LogP) is -0.373. The minimum absolute atomic E-state index is 0.0899. The predicted molar refractivity (Wildman–Crippen MR) is 61.6 cm³/mol. The van der Waals surface area contributed by atoms with Crippen LogP contribution in [-0.4, -0.2) is 41.9 Å². The second-order valence-electron chi connectivity index (χ2n) is 3.88. The number of nitrogens with one attached hydrogen (secondary N) is 1. The Morgan fingerprint density at radius 3 is 3.06 bits per heavy atom. The van der Waals surface area contributed by atoms with Gasteiger partial charge in [-0.25, -0.2) is 0 Å². The summed E-state index contributed by atoms with van der Waals surface area (Å²) in [6.45, 7) is 6.47. The standard InChI is InChI=1S/C11H19N3O2/c1-3-5-8(12)11(16)14-7-6-13-10(15)9(14)4-2/h3,8-9H,1,4-7,12H2,2H3,(H,13,15). The van der Waals surface area contributed by atoms with Crippen LogP contribution in [0, 0.1) is 0 Å². The van der Waals surface area contributed by atoms with Crippen LogP contribution >= 0.6 is 0 Å². The molecule has 5 heteroatoms. The van der Waals surface area contributed by atoms with Gasteiger partial charge in [0.2, 0.25) is 11.8 Å². The molecule has 90 valence electrons. The molecular formula is C11H19N3O2. The summed E-state index contributed by atoms with van der Waals surface area (Å²) in [6, 6.07) is -0.963. The molecular weight excluding hydrogens is 206 g/mol. The monoisotopic (exact) mass is 225 g/mol. The van der Waals surface area contributed by atoms with Gasteiger partial charge in [-0.2, -0.15) is 0 Å². The first kappa shape index (κ1) is 12.7. The Labute approximate surface area is 95.7 Å². The summed E-state index contributed by atoms with van der Waals surface area (Å²) in [6.07, 6.45) is 2.67. The highest BCUT2D eigenvalue weighted by atomic mass is 16.2. The Balaban J connectivity index is 2.72. The van der Waals surface area contributed by atoms with Gasteiger partial charge in [0, 0.05) is 13.1 Å². The summed E-state index contributed by atoms with van der Waals surface area (Å²) in [5, 5.41) is 2.75. The van der Waals surface area contributed by atoms with E-state index in [0.29, 0.717) is 25.9 Å². The van der Waals surface area contributed by atoms with Crippen molar-refractivity contribution < 1.29 is 9.59 Å². The Kier molecular flexibility index (Phi) is 4.49. The van der Waals surface area contributed by atoms with Crippen molar-refractivity contribution in [2.45, 2.75) is 31.8 Å². The van der Waals surface area contributed by atoms with Gasteiger partial charge in [0.05, 0.1) is 6.04 Å². The quantitative estimate of drug-likeness (QED) is 0.641. The van der Waals surface area contributed by atoms with Gasteiger partial charge in [-0.15, -0.1) is 6.58 Å². The minimum Gasteiger partial charge on any atom is -0.353 e. The van der Waals surface area contributed by atoms with Gasteiger partial charge in [-0.3, -0.25) is 9.59 Å². The molecule has 0 spiro atoms. The van der Waals surface area contributed by atoms with Gasteiger partial charge in [-0.1, -0.05) is 13.0 Å². The Hall–Kier alpha value is -1.36. The third-order valence-electron chi connectivity index (χ3n) is 2.74. The van der Waals surface area contributed by atoms with E-state index in [1.54, 1.807) is 11.0 Å². The molecule has 16 heavy (non-hydrogen) atoms. The first-order chi connectivity index (χ1) is 7.61. The number of amides is 2. The zero-order valence-corrected chi connectivity index (χ0v) is 9.61. The zero-order valence-electron chi connectivity index (χ0n) is 9.61. The van der Waals surface area contributed by atoms with E-state index in [1.807, 2.05) is 6.92 Å². The van der Waals surface area contributed by atoms with Crippen molar-refractivity contribution in [1.29, 1.82) is 0 Å². The van der Waals surface area contributed by atoms with E-state index in [9.17, 15) is 9.59 Å². The molecule has 2 unspecified atom stereocenters. The fourth-order valence-corrected chi connectivity index (χ4v) is 1.88. The van der Waals surface area contributed by atoms with E-state index in [2.05, 4.69) is 11.9 Å². The molecule has 1 aliphatic heterocycles. The van der Waals surface area contributed by atoms with Crippen molar-refractivity contribution in [3.63, 3.8) is 0 Å². The Morgan fingerprint density at radius 2 is 2.50 bits per heavy atom. The normalized spacial score (nSPS) is 22.5. The maximum Gasteiger partial charge on any atom is 0.242 e. The third-order valence-corrected chi connectivity index (χ3v) is 2.74. The molecule has 0 aliphatic carbocycles. The van der Waals surface area contributed by atoms with E-state index in [4.69, 9.17) is 5.73 Å². The van der Waals surface area contributed by atoms with Crippen molar-refractivity contribution >= 4 is 11.8 Å². The molecule has 0 saturated carbocycles. The molecule has 1 rings (SSSR count). The van der Waals surface area contributed by atoms with Crippen LogP contribution in [0.25, 0.3) is 0 Å². The first-order valence-electron chi connectivity index (χ1n) is 5.56. The molecule has 0 bridgehead atoms. The van der Waals surface area contributed by atoms with Gasteiger partial charge < -0.3 is 16.0 Å². The molecule has 1 fully saturated rings. The van der Waals surface area contributed by atoms with E-state index >= 15 is 0 Å². The lowest BCUT2D eigenvalue weighted by Gasteiger charge is -2.35. The molecule has 2 amide bonds. The summed E-state index contributed by atoms with van der Waals surface area (Å²) in [5.41, 5.74) is 5.73. The Morgan fingerprint density at radius 1 is 1.81 bits per heavy atom. The fourth-order valence-electron chi connectivity index (χ4n) is 1.88. The number of rotatable bonds is 4. The highest BCUT2D eigenvalue weighted by Crippen LogP contribution is 2.10. The maximum atomic E-state index is 12.0. The van der Waals surface area contributed by atoms with Crippen molar-refractivity contribution in [1.82, 2.24) is 10.2 Å². The topological polar surface area (TPSA) is 75.4 Å². The molecule has 1 heterocycles. The van der Waals surface area contributed by atoms with Crippen LogP contribution in [0.3, 0.4) is 0 Å². The van der Waals surface area contributed by atoms with Crippen molar-refractivity contribution in [3.05, 3.63) is 12.7 Å². The largest absolute Gasteiger partial charge is 0.353 e. The van der Waals surface area contributed by atoms with Crippen molar-refractivity contribution in [2.75, 3.05) is 13.1 Å². The molecule has 1 saturated heterocycles. The molecule has 0 aromatic rings. The van der Waals surface area contributed by atoms with Crippen LogP contribution in [0.4, 0.5) is 0 Å². The van der Waals surface area contributed by atoms with Crippen LogP contribution in [0.2, 0.25) is 0 Å². The second-order valence-corrected chi connectivity index (χ2v) is 3.88. The molecule has 3 N–H and O–H groups in total. The smallest absolute Gasteiger partial charge is 0.242 e. The number of hydrogen-bond acceptors (Lipinski definition) is 3. The molecule has 0 aromatic heterocycles. The maximum absolute atomic E-state index is 12.0. The van der Waals surface area contributed by atoms with Crippen LogP contribution in [0.1, 0.15) is 19.8 Å². The number of nitrogens with zero attached hydrogens (tertiary/aromatic N) is 1. The molecule has 2 atom stereocenters. The highest BCUT2D eigenvalue weighted by Gasteiger charge is 2.33.